The number of nitrogens with one attached hydrogen (secondary N) is 2. The number of aryl methyl sites for hydroxylation is 1. The summed E-state index contributed by atoms with van der Waals surface area (Å²) in [6, 6.07) is 2.81. The molecule has 1 unspecified atom stereocenters. The Kier molecular flexibility index (Phi) is 3.94. The second-order valence-corrected chi connectivity index (χ2v) is 4.61. The molecule has 4 heteroatoms. The molecule has 2 nitrogen and oxygen atoms in total. The fraction of sp³-hybridized carbons (Fsp3) is 0.538. The molecule has 0 radical (unpaired) electrons. The summed E-state index contributed by atoms with van der Waals surface area (Å²) < 4.78 is 26.8. The molecule has 0 amide bonds. The highest BCUT2D eigenvalue weighted by atomic mass is 19.1. The molecule has 1 aromatic carbocycles. The lowest BCUT2D eigenvalue weighted by atomic mass is 10.1. The molecule has 1 atom stereocenters. The van der Waals surface area contributed by atoms with Crippen LogP contribution in [0, 0.1) is 18.6 Å². The van der Waals surface area contributed by atoms with Gasteiger partial charge in [-0.25, -0.2) is 8.78 Å². The third-order valence-electron chi connectivity index (χ3n) is 3.20. The summed E-state index contributed by atoms with van der Waals surface area (Å²) in [6.45, 7) is 3.21. The normalized spacial score (nSPS) is 20.3. The van der Waals surface area contributed by atoms with Crippen molar-refractivity contribution in [2.45, 2.75) is 32.2 Å². The smallest absolute Gasteiger partial charge is 0.146 e. The summed E-state index contributed by atoms with van der Waals surface area (Å²) in [4.78, 5) is 0. The van der Waals surface area contributed by atoms with Crippen molar-refractivity contribution < 1.29 is 8.78 Å². The number of benzene rings is 1. The van der Waals surface area contributed by atoms with Gasteiger partial charge in [0.15, 0.2) is 0 Å². The molecule has 0 bridgehead atoms. The number of halogens is 2. The van der Waals surface area contributed by atoms with E-state index in [-0.39, 0.29) is 17.3 Å². The predicted octanol–water partition coefficient (Wildman–Crippen LogP) is 2.83. The van der Waals surface area contributed by atoms with E-state index in [4.69, 9.17) is 0 Å². The van der Waals surface area contributed by atoms with Crippen LogP contribution in [-0.2, 0) is 0 Å². The summed E-state index contributed by atoms with van der Waals surface area (Å²) in [5.41, 5.74) is 0.587. The highest BCUT2D eigenvalue weighted by Gasteiger charge is 2.13. The van der Waals surface area contributed by atoms with E-state index in [0.29, 0.717) is 18.2 Å². The third kappa shape index (κ3) is 3.16. The highest BCUT2D eigenvalue weighted by Crippen LogP contribution is 2.19. The van der Waals surface area contributed by atoms with Crippen molar-refractivity contribution in [3.63, 3.8) is 0 Å². The Hall–Kier alpha value is -1.16. The standard InChI is InChI=1S/C13H18F2N2/c1-9-6-12(15)13(7-11(9)14)17-8-10-4-2-3-5-16-10/h6-7,10,16-17H,2-5,8H2,1H3. The minimum absolute atomic E-state index is 0.250. The Morgan fingerprint density at radius 3 is 2.82 bits per heavy atom. The molecular weight excluding hydrogens is 222 g/mol. The van der Waals surface area contributed by atoms with Gasteiger partial charge in [-0.15, -0.1) is 0 Å². The predicted molar refractivity (Wildman–Crippen MR) is 65.2 cm³/mol. The van der Waals surface area contributed by atoms with E-state index in [1.54, 1.807) is 6.92 Å². The Labute approximate surface area is 100 Å². The number of piperidine rings is 1. The van der Waals surface area contributed by atoms with Crippen molar-refractivity contribution in [3.05, 3.63) is 29.3 Å². The van der Waals surface area contributed by atoms with Crippen molar-refractivity contribution in [3.8, 4) is 0 Å². The van der Waals surface area contributed by atoms with Crippen LogP contribution in [0.4, 0.5) is 14.5 Å². The first-order valence-electron chi connectivity index (χ1n) is 6.09. The molecule has 1 fully saturated rings. The first kappa shape index (κ1) is 12.3. The van der Waals surface area contributed by atoms with Gasteiger partial charge in [0.05, 0.1) is 5.69 Å². The summed E-state index contributed by atoms with van der Waals surface area (Å²) in [6.07, 6.45) is 3.48. The molecule has 1 aliphatic rings. The second-order valence-electron chi connectivity index (χ2n) is 4.61. The maximum absolute atomic E-state index is 13.5. The minimum Gasteiger partial charge on any atom is -0.381 e. The fourth-order valence-electron chi connectivity index (χ4n) is 2.11. The zero-order valence-corrected chi connectivity index (χ0v) is 10.0. The summed E-state index contributed by atoms with van der Waals surface area (Å²) >= 11 is 0. The van der Waals surface area contributed by atoms with Crippen LogP contribution >= 0.6 is 0 Å². The molecule has 2 N–H and O–H groups in total. The maximum atomic E-state index is 13.5. The monoisotopic (exact) mass is 240 g/mol. The van der Waals surface area contributed by atoms with Crippen LogP contribution in [0.2, 0.25) is 0 Å². The lowest BCUT2D eigenvalue weighted by Gasteiger charge is -2.24. The summed E-state index contributed by atoms with van der Waals surface area (Å²) in [5, 5.41) is 6.33. The van der Waals surface area contributed by atoms with Crippen molar-refractivity contribution in [1.82, 2.24) is 5.32 Å². The molecule has 0 saturated carbocycles. The Morgan fingerprint density at radius 1 is 1.29 bits per heavy atom. The van der Waals surface area contributed by atoms with Crippen LogP contribution in [0.1, 0.15) is 24.8 Å². The van der Waals surface area contributed by atoms with Gasteiger partial charge in [0.1, 0.15) is 11.6 Å². The lowest BCUT2D eigenvalue weighted by molar-refractivity contribution is 0.413. The second kappa shape index (κ2) is 5.45. The Morgan fingerprint density at radius 2 is 2.12 bits per heavy atom. The first-order chi connectivity index (χ1) is 8.16. The maximum Gasteiger partial charge on any atom is 0.146 e. The van der Waals surface area contributed by atoms with Gasteiger partial charge >= 0.3 is 0 Å². The third-order valence-corrected chi connectivity index (χ3v) is 3.20. The number of rotatable bonds is 3. The van der Waals surface area contributed by atoms with E-state index in [1.807, 2.05) is 0 Å². The molecule has 94 valence electrons. The number of anilines is 1. The lowest BCUT2D eigenvalue weighted by Crippen LogP contribution is -2.39. The summed E-state index contributed by atoms with van der Waals surface area (Å²) in [5.74, 6) is -0.759. The van der Waals surface area contributed by atoms with E-state index in [2.05, 4.69) is 10.6 Å². The zero-order valence-electron chi connectivity index (χ0n) is 10.0. The zero-order chi connectivity index (χ0) is 12.3. The quantitative estimate of drug-likeness (QED) is 0.849. The van der Waals surface area contributed by atoms with Crippen molar-refractivity contribution in [2.24, 2.45) is 0 Å². The van der Waals surface area contributed by atoms with Gasteiger partial charge < -0.3 is 10.6 Å². The minimum atomic E-state index is -0.389. The topological polar surface area (TPSA) is 24.1 Å². The largest absolute Gasteiger partial charge is 0.381 e. The Bertz CT molecular complexity index is 387. The molecular formula is C13H18F2N2. The van der Waals surface area contributed by atoms with Crippen LogP contribution < -0.4 is 10.6 Å². The Balaban J connectivity index is 1.96. The first-order valence-corrected chi connectivity index (χ1v) is 6.09. The van der Waals surface area contributed by atoms with Gasteiger partial charge in [0, 0.05) is 18.7 Å². The van der Waals surface area contributed by atoms with Crippen LogP contribution in [0.25, 0.3) is 0 Å². The van der Waals surface area contributed by atoms with Crippen LogP contribution in [-0.4, -0.2) is 19.1 Å². The van der Waals surface area contributed by atoms with Gasteiger partial charge in [-0.2, -0.15) is 0 Å². The van der Waals surface area contributed by atoms with E-state index in [1.165, 1.54) is 25.0 Å². The average Bonchev–Trinajstić information content (AvgIpc) is 2.33. The molecule has 1 aliphatic heterocycles. The fourth-order valence-corrected chi connectivity index (χ4v) is 2.11. The van der Waals surface area contributed by atoms with Crippen molar-refractivity contribution in [2.75, 3.05) is 18.4 Å². The van der Waals surface area contributed by atoms with Gasteiger partial charge in [-0.05, 0) is 37.9 Å². The number of hydrogen-bond acceptors (Lipinski definition) is 2. The van der Waals surface area contributed by atoms with Gasteiger partial charge in [0.2, 0.25) is 0 Å². The van der Waals surface area contributed by atoms with Gasteiger partial charge in [0.25, 0.3) is 0 Å². The summed E-state index contributed by atoms with van der Waals surface area (Å²) in [7, 11) is 0. The van der Waals surface area contributed by atoms with Gasteiger partial charge in [-0.1, -0.05) is 6.42 Å². The van der Waals surface area contributed by atoms with E-state index in [9.17, 15) is 8.78 Å². The SMILES string of the molecule is Cc1cc(F)c(NCC2CCCCN2)cc1F. The molecule has 2 rings (SSSR count). The molecule has 0 spiro atoms. The van der Waals surface area contributed by atoms with E-state index in [0.717, 1.165) is 13.0 Å². The van der Waals surface area contributed by atoms with Crippen molar-refractivity contribution >= 4 is 5.69 Å². The molecule has 0 aromatic heterocycles. The molecule has 1 aromatic rings. The van der Waals surface area contributed by atoms with Gasteiger partial charge in [-0.3, -0.25) is 0 Å². The molecule has 1 heterocycles. The average molecular weight is 240 g/mol. The van der Waals surface area contributed by atoms with Crippen molar-refractivity contribution in [1.29, 1.82) is 0 Å². The van der Waals surface area contributed by atoms with Crippen LogP contribution in [0.15, 0.2) is 12.1 Å². The highest BCUT2D eigenvalue weighted by molar-refractivity contribution is 5.47. The van der Waals surface area contributed by atoms with E-state index >= 15 is 0 Å². The van der Waals surface area contributed by atoms with Crippen LogP contribution in [0.3, 0.4) is 0 Å². The molecule has 0 aliphatic carbocycles. The molecule has 1 saturated heterocycles. The van der Waals surface area contributed by atoms with E-state index < -0.39 is 0 Å². The van der Waals surface area contributed by atoms with Crippen LogP contribution in [0.5, 0.6) is 0 Å². The number of hydrogen-bond donors (Lipinski definition) is 2. The molecule has 17 heavy (non-hydrogen) atoms.